The van der Waals surface area contributed by atoms with Crippen molar-refractivity contribution in [3.8, 4) is 11.1 Å². The van der Waals surface area contributed by atoms with Gasteiger partial charge in [-0.05, 0) is 285 Å². The first-order chi connectivity index (χ1) is 43.4. The van der Waals surface area contributed by atoms with Gasteiger partial charge >= 0.3 is 0 Å². The lowest BCUT2D eigenvalue weighted by Gasteiger charge is -2.37. The second-order valence-corrected chi connectivity index (χ2v) is 25.7. The van der Waals surface area contributed by atoms with Gasteiger partial charge in [-0.25, -0.2) is 0 Å². The Hall–Kier alpha value is -9.64. The Morgan fingerprint density at radius 1 is 0.506 bits per heavy atom. The minimum Gasteiger partial charge on any atom is -0.334 e. The van der Waals surface area contributed by atoms with Gasteiger partial charge < -0.3 is 19.6 Å². The Morgan fingerprint density at radius 2 is 0.978 bits per heavy atom. The molecule has 0 bridgehead atoms. The molecule has 4 unspecified atom stereocenters. The van der Waals surface area contributed by atoms with Gasteiger partial charge in [0.1, 0.15) is 0 Å². The normalized spacial score (nSPS) is 18.7. The molecule has 9 aromatic rings. The van der Waals surface area contributed by atoms with Crippen molar-refractivity contribution in [3.05, 3.63) is 333 Å². The Kier molecular flexibility index (Phi) is 15.1. The first kappa shape index (κ1) is 57.1. The number of benzene rings is 9. The number of fused-ring (bicyclic) bond motifs is 9. The zero-order chi connectivity index (χ0) is 61.1. The molecule has 4 atom stereocenters. The molecule has 89 heavy (non-hydrogen) atoms. The predicted octanol–water partition coefficient (Wildman–Crippen LogP) is 22.7. The van der Waals surface area contributed by atoms with Gasteiger partial charge in [-0.15, -0.1) is 0 Å². The highest BCUT2D eigenvalue weighted by Crippen LogP contribution is 2.65. The SMILES string of the molecule is C/C=C(\C=C/C1CC1C)N(c1cccc(C)c1)c1ccc2c(c1)C1(C3=C(C=CC(N(c4cccc(C)c4)c4cccc(C)c4)=CC3)c3ccc(N(c4cccc(CC)c4)C4C=C(C)C=CC4)cc31)c1cc(N(c3cccc(C)c3)c3cccc(C)c3)ccc1-2. The summed E-state index contributed by atoms with van der Waals surface area (Å²) in [5.41, 5.74) is 30.9. The van der Waals surface area contributed by atoms with E-state index in [2.05, 4.69) is 337 Å². The van der Waals surface area contributed by atoms with E-state index in [0.717, 1.165) is 64.0 Å². The molecule has 4 heteroatoms. The topological polar surface area (TPSA) is 13.0 Å². The summed E-state index contributed by atoms with van der Waals surface area (Å²) in [6.45, 7) is 20.1. The minimum atomic E-state index is -0.765. The van der Waals surface area contributed by atoms with Crippen LogP contribution < -0.4 is 19.6 Å². The number of aryl methyl sites for hydroxylation is 6. The second-order valence-electron chi connectivity index (χ2n) is 25.7. The third-order valence-corrected chi connectivity index (χ3v) is 19.2. The first-order valence-corrected chi connectivity index (χ1v) is 32.2. The molecule has 4 nitrogen and oxygen atoms in total. The van der Waals surface area contributed by atoms with Crippen molar-refractivity contribution in [2.24, 2.45) is 11.8 Å². The van der Waals surface area contributed by atoms with Crippen molar-refractivity contribution in [1.29, 1.82) is 0 Å². The summed E-state index contributed by atoms with van der Waals surface area (Å²) in [5, 5.41) is 0. The van der Waals surface area contributed by atoms with Crippen molar-refractivity contribution in [2.75, 3.05) is 19.6 Å². The van der Waals surface area contributed by atoms with Gasteiger partial charge in [0.25, 0.3) is 0 Å². The molecule has 5 aliphatic carbocycles. The molecule has 9 aromatic carbocycles. The molecule has 0 aromatic heterocycles. The lowest BCUT2D eigenvalue weighted by Crippen LogP contribution is -2.32. The van der Waals surface area contributed by atoms with Crippen LogP contribution in [0.2, 0.25) is 0 Å². The molecular weight excluding hydrogens is 1080 g/mol. The van der Waals surface area contributed by atoms with Crippen molar-refractivity contribution in [3.63, 3.8) is 0 Å². The average molecular weight is 1160 g/mol. The zero-order valence-corrected chi connectivity index (χ0v) is 53.1. The van der Waals surface area contributed by atoms with Crippen LogP contribution in [-0.2, 0) is 11.8 Å². The van der Waals surface area contributed by atoms with Crippen molar-refractivity contribution < 1.29 is 0 Å². The zero-order valence-electron chi connectivity index (χ0n) is 53.1. The standard InChI is InChI=1S/C85H80N4/c1-10-63-25-18-32-73(52-63)89(72-31-17-24-61(8)50-72)76-37-41-78-77-40-35-66(87(68-27-13-20-57(4)46-68)69-28-14-21-58(5)47-69)39-44-81(77)85(82(78)55-76)83-53-74(86(67-26-12-19-56(3)45-67)65(11-2)34-33-64-51-62(64)9)36-42-79(83)80-43-38-75(54-84(80)85)88(70-29-15-22-59(6)48-70)71-30-16-23-60(7)49-71/h11-30,32-43,45-50,52-55,62,64,72H,10,31,44,51H2,1-9H3/b34-33-,65-11+. The Labute approximate surface area is 528 Å². The highest BCUT2D eigenvalue weighted by Gasteiger charge is 2.53. The van der Waals surface area contributed by atoms with Crippen LogP contribution in [0.15, 0.2) is 277 Å². The van der Waals surface area contributed by atoms with Gasteiger partial charge in [0.05, 0.1) is 11.5 Å². The molecular formula is C85H80N4. The van der Waals surface area contributed by atoms with Crippen LogP contribution in [0.3, 0.4) is 0 Å². The molecule has 1 fully saturated rings. The molecule has 0 radical (unpaired) electrons. The minimum absolute atomic E-state index is 0.111. The van der Waals surface area contributed by atoms with E-state index in [0.29, 0.717) is 18.3 Å². The van der Waals surface area contributed by atoms with Crippen LogP contribution in [-0.4, -0.2) is 6.04 Å². The predicted molar refractivity (Wildman–Crippen MR) is 378 cm³/mol. The molecule has 5 aliphatic rings. The van der Waals surface area contributed by atoms with Crippen molar-refractivity contribution in [2.45, 2.75) is 99.5 Å². The van der Waals surface area contributed by atoms with Crippen LogP contribution in [0.1, 0.15) is 103 Å². The fraction of sp³-hybridized carbons (Fsp3) is 0.200. The summed E-state index contributed by atoms with van der Waals surface area (Å²) in [4.78, 5) is 10.1. The van der Waals surface area contributed by atoms with Gasteiger partial charge in [-0.1, -0.05) is 153 Å². The summed E-state index contributed by atoms with van der Waals surface area (Å²) in [7, 11) is 0. The fourth-order valence-corrected chi connectivity index (χ4v) is 14.8. The van der Waals surface area contributed by atoms with E-state index < -0.39 is 5.41 Å². The number of anilines is 9. The van der Waals surface area contributed by atoms with Crippen molar-refractivity contribution >= 4 is 56.8 Å². The maximum absolute atomic E-state index is 2.63. The third-order valence-electron chi connectivity index (χ3n) is 19.2. The number of hydrogen-bond acceptors (Lipinski definition) is 4. The van der Waals surface area contributed by atoms with Crippen LogP contribution >= 0.6 is 0 Å². The molecule has 0 heterocycles. The number of allylic oxidation sites excluding steroid dienone is 10. The van der Waals surface area contributed by atoms with Crippen LogP contribution in [0.25, 0.3) is 16.7 Å². The van der Waals surface area contributed by atoms with Gasteiger partial charge in [0.2, 0.25) is 0 Å². The van der Waals surface area contributed by atoms with E-state index in [9.17, 15) is 0 Å². The Balaban J connectivity index is 1.07. The van der Waals surface area contributed by atoms with Crippen molar-refractivity contribution in [1.82, 2.24) is 0 Å². The summed E-state index contributed by atoms with van der Waals surface area (Å²) in [6.07, 6.45) is 25.5. The lowest BCUT2D eigenvalue weighted by atomic mass is 9.68. The van der Waals surface area contributed by atoms with Crippen LogP contribution in [0.4, 0.5) is 51.2 Å². The van der Waals surface area contributed by atoms with Gasteiger partial charge in [0.15, 0.2) is 0 Å². The highest BCUT2D eigenvalue weighted by molar-refractivity contribution is 6.00. The van der Waals surface area contributed by atoms with Gasteiger partial charge in [-0.2, -0.15) is 0 Å². The maximum Gasteiger partial charge on any atom is 0.0693 e. The molecule has 0 amide bonds. The number of hydrogen-bond donors (Lipinski definition) is 0. The molecule has 440 valence electrons. The maximum atomic E-state index is 2.63. The Morgan fingerprint density at radius 3 is 1.55 bits per heavy atom. The van der Waals surface area contributed by atoms with E-state index in [1.807, 2.05) is 0 Å². The van der Waals surface area contributed by atoms with E-state index in [-0.39, 0.29) is 6.04 Å². The summed E-state index contributed by atoms with van der Waals surface area (Å²) >= 11 is 0. The average Bonchev–Trinajstić information content (AvgIpc) is 1.53. The van der Waals surface area contributed by atoms with E-state index in [4.69, 9.17) is 0 Å². The summed E-state index contributed by atoms with van der Waals surface area (Å²) in [6, 6.07) is 76.7. The largest absolute Gasteiger partial charge is 0.334 e. The second kappa shape index (κ2) is 23.5. The molecule has 0 aliphatic heterocycles. The molecule has 14 rings (SSSR count). The highest BCUT2D eigenvalue weighted by atomic mass is 15.2. The van der Waals surface area contributed by atoms with E-state index >= 15 is 0 Å². The first-order valence-electron chi connectivity index (χ1n) is 32.2. The summed E-state index contributed by atoms with van der Waals surface area (Å²) < 4.78 is 0. The van der Waals surface area contributed by atoms with Gasteiger partial charge in [0, 0.05) is 62.6 Å². The van der Waals surface area contributed by atoms with Gasteiger partial charge in [-0.3, -0.25) is 0 Å². The molecule has 1 spiro atoms. The third kappa shape index (κ3) is 10.5. The Bertz CT molecular complexity index is 4410. The fourth-order valence-electron chi connectivity index (χ4n) is 14.8. The van der Waals surface area contributed by atoms with E-state index in [1.165, 1.54) is 101 Å². The quantitative estimate of drug-likeness (QED) is 0.0949. The molecule has 0 N–H and O–H groups in total. The van der Waals surface area contributed by atoms with Crippen LogP contribution in [0.5, 0.6) is 0 Å². The molecule has 1 saturated carbocycles. The number of nitrogens with zero attached hydrogens (tertiary/aromatic N) is 4. The summed E-state index contributed by atoms with van der Waals surface area (Å²) in [5.74, 6) is 1.29. The molecule has 0 saturated heterocycles. The smallest absolute Gasteiger partial charge is 0.0693 e. The van der Waals surface area contributed by atoms with E-state index in [1.54, 1.807) is 0 Å². The monoisotopic (exact) mass is 1160 g/mol. The van der Waals surface area contributed by atoms with Crippen LogP contribution in [0, 0.1) is 46.5 Å². The number of rotatable bonds is 15. The lowest BCUT2D eigenvalue weighted by molar-refractivity contribution is 0.741.